The van der Waals surface area contributed by atoms with E-state index in [9.17, 15) is 0 Å². The van der Waals surface area contributed by atoms with Crippen LogP contribution in [0.4, 0.5) is 0 Å². The minimum atomic E-state index is 0.498. The first-order chi connectivity index (χ1) is 14.2. The van der Waals surface area contributed by atoms with Crippen LogP contribution in [-0.4, -0.2) is 48.6 Å². The molecule has 2 heterocycles. The number of aromatic nitrogens is 1. The van der Waals surface area contributed by atoms with Gasteiger partial charge in [-0.05, 0) is 70.3 Å². The van der Waals surface area contributed by atoms with Crippen LogP contribution in [0, 0.1) is 5.92 Å². The highest BCUT2D eigenvalue weighted by atomic mass is 16.3. The Morgan fingerprint density at radius 2 is 1.97 bits per heavy atom. The van der Waals surface area contributed by atoms with Crippen LogP contribution >= 0.6 is 0 Å². The van der Waals surface area contributed by atoms with Gasteiger partial charge in [-0.15, -0.1) is 0 Å². The SMILES string of the molecule is CCNC(=NCc1coc(-c2ccccc2)n1)NCCCCN1CCC(C)CC1. The standard InChI is InChI=1S/C23H35N5O/c1-3-24-23(25-13-7-8-14-28-15-11-19(2)12-16-28)26-17-21-18-29-22(27-21)20-9-5-4-6-10-20/h4-6,9-10,18-19H,3,7-8,11-17H2,1-2H3,(H2,24,25,26). The van der Waals surface area contributed by atoms with E-state index in [2.05, 4.69) is 39.4 Å². The summed E-state index contributed by atoms with van der Waals surface area (Å²) in [4.78, 5) is 11.8. The van der Waals surface area contributed by atoms with Crippen molar-refractivity contribution in [3.05, 3.63) is 42.3 Å². The quantitative estimate of drug-likeness (QED) is 0.382. The summed E-state index contributed by atoms with van der Waals surface area (Å²) in [5, 5.41) is 6.74. The molecule has 1 aromatic carbocycles. The Kier molecular flexibility index (Phi) is 8.56. The minimum absolute atomic E-state index is 0.498. The van der Waals surface area contributed by atoms with E-state index >= 15 is 0 Å². The molecule has 1 aromatic heterocycles. The van der Waals surface area contributed by atoms with E-state index < -0.39 is 0 Å². The van der Waals surface area contributed by atoms with Crippen molar-refractivity contribution in [2.24, 2.45) is 10.9 Å². The van der Waals surface area contributed by atoms with Crippen LogP contribution in [0.2, 0.25) is 0 Å². The fourth-order valence-corrected chi connectivity index (χ4v) is 3.55. The second kappa shape index (κ2) is 11.6. The number of hydrogen-bond acceptors (Lipinski definition) is 4. The van der Waals surface area contributed by atoms with Crippen molar-refractivity contribution in [2.45, 2.75) is 46.1 Å². The lowest BCUT2D eigenvalue weighted by Crippen LogP contribution is -2.38. The van der Waals surface area contributed by atoms with Crippen LogP contribution in [-0.2, 0) is 6.54 Å². The number of aliphatic imine (C=N–C) groups is 1. The Morgan fingerprint density at radius 3 is 2.72 bits per heavy atom. The van der Waals surface area contributed by atoms with Crippen molar-refractivity contribution in [3.63, 3.8) is 0 Å². The normalized spacial score (nSPS) is 16.1. The van der Waals surface area contributed by atoms with Gasteiger partial charge in [0.2, 0.25) is 5.89 Å². The predicted octanol–water partition coefficient (Wildman–Crippen LogP) is 3.91. The van der Waals surface area contributed by atoms with Gasteiger partial charge < -0.3 is 20.0 Å². The smallest absolute Gasteiger partial charge is 0.226 e. The van der Waals surface area contributed by atoms with Gasteiger partial charge in [-0.25, -0.2) is 9.98 Å². The van der Waals surface area contributed by atoms with Gasteiger partial charge in [0.05, 0.1) is 6.54 Å². The molecule has 0 saturated carbocycles. The third-order valence-electron chi connectivity index (χ3n) is 5.39. The molecule has 1 aliphatic heterocycles. The number of rotatable bonds is 9. The molecule has 0 atom stereocenters. The molecule has 1 fully saturated rings. The molecular weight excluding hydrogens is 362 g/mol. The summed E-state index contributed by atoms with van der Waals surface area (Å²) in [6, 6.07) is 9.94. The molecule has 0 aliphatic carbocycles. The lowest BCUT2D eigenvalue weighted by molar-refractivity contribution is 0.189. The summed E-state index contributed by atoms with van der Waals surface area (Å²) in [5.41, 5.74) is 1.82. The fraction of sp³-hybridized carbons (Fsp3) is 0.565. The molecule has 29 heavy (non-hydrogen) atoms. The number of likely N-dealkylation sites (tertiary alicyclic amines) is 1. The maximum Gasteiger partial charge on any atom is 0.226 e. The Bertz CT molecular complexity index is 735. The van der Waals surface area contributed by atoms with Crippen molar-refractivity contribution in [2.75, 3.05) is 32.7 Å². The lowest BCUT2D eigenvalue weighted by atomic mass is 9.99. The minimum Gasteiger partial charge on any atom is -0.444 e. The highest BCUT2D eigenvalue weighted by Gasteiger charge is 2.14. The number of unbranched alkanes of at least 4 members (excludes halogenated alkanes) is 1. The van der Waals surface area contributed by atoms with Gasteiger partial charge in [0.1, 0.15) is 12.0 Å². The monoisotopic (exact) mass is 397 g/mol. The number of hydrogen-bond donors (Lipinski definition) is 2. The summed E-state index contributed by atoms with van der Waals surface area (Å²) >= 11 is 0. The average Bonchev–Trinajstić information content (AvgIpc) is 3.23. The molecule has 6 heteroatoms. The Hall–Kier alpha value is -2.34. The van der Waals surface area contributed by atoms with Gasteiger partial charge in [0, 0.05) is 18.7 Å². The number of benzene rings is 1. The van der Waals surface area contributed by atoms with Gasteiger partial charge >= 0.3 is 0 Å². The second-order valence-corrected chi connectivity index (χ2v) is 7.86. The van der Waals surface area contributed by atoms with Gasteiger partial charge in [0.15, 0.2) is 5.96 Å². The highest BCUT2D eigenvalue weighted by molar-refractivity contribution is 5.79. The number of nitrogens with one attached hydrogen (secondary N) is 2. The van der Waals surface area contributed by atoms with Crippen molar-refractivity contribution >= 4 is 5.96 Å². The average molecular weight is 398 g/mol. The molecule has 1 aliphatic rings. The molecule has 2 N–H and O–H groups in total. The van der Waals surface area contributed by atoms with Crippen LogP contribution in [0.15, 0.2) is 46.0 Å². The van der Waals surface area contributed by atoms with Crippen LogP contribution in [0.3, 0.4) is 0 Å². The second-order valence-electron chi connectivity index (χ2n) is 7.86. The van der Waals surface area contributed by atoms with E-state index in [0.29, 0.717) is 12.4 Å². The first-order valence-corrected chi connectivity index (χ1v) is 11.0. The zero-order chi connectivity index (χ0) is 20.3. The molecule has 0 unspecified atom stereocenters. The molecule has 6 nitrogen and oxygen atoms in total. The summed E-state index contributed by atoms with van der Waals surface area (Å²) in [6.07, 6.45) is 6.77. The van der Waals surface area contributed by atoms with Crippen LogP contribution in [0.25, 0.3) is 11.5 Å². The molecule has 0 spiro atoms. The van der Waals surface area contributed by atoms with Crippen molar-refractivity contribution in [1.29, 1.82) is 0 Å². The molecule has 3 rings (SSSR count). The number of guanidine groups is 1. The Balaban J connectivity index is 1.40. The van der Waals surface area contributed by atoms with Gasteiger partial charge in [-0.2, -0.15) is 0 Å². The van der Waals surface area contributed by atoms with Crippen molar-refractivity contribution in [3.8, 4) is 11.5 Å². The van der Waals surface area contributed by atoms with E-state index in [4.69, 9.17) is 4.42 Å². The summed E-state index contributed by atoms with van der Waals surface area (Å²) in [7, 11) is 0. The third kappa shape index (κ3) is 7.20. The maximum atomic E-state index is 5.59. The van der Waals surface area contributed by atoms with Gasteiger partial charge in [0.25, 0.3) is 0 Å². The van der Waals surface area contributed by atoms with E-state index in [1.165, 1.54) is 38.9 Å². The largest absolute Gasteiger partial charge is 0.444 e. The Morgan fingerprint density at radius 1 is 1.17 bits per heavy atom. The van der Waals surface area contributed by atoms with E-state index in [1.807, 2.05) is 30.3 Å². The molecule has 158 valence electrons. The zero-order valence-corrected chi connectivity index (χ0v) is 17.9. The highest BCUT2D eigenvalue weighted by Crippen LogP contribution is 2.18. The topological polar surface area (TPSA) is 65.7 Å². The lowest BCUT2D eigenvalue weighted by Gasteiger charge is -2.30. The van der Waals surface area contributed by atoms with Crippen molar-refractivity contribution in [1.82, 2.24) is 20.5 Å². The molecule has 0 amide bonds. The van der Waals surface area contributed by atoms with Gasteiger partial charge in [-0.1, -0.05) is 25.1 Å². The molecule has 2 aromatic rings. The van der Waals surface area contributed by atoms with Crippen molar-refractivity contribution < 1.29 is 4.42 Å². The van der Waals surface area contributed by atoms with E-state index in [-0.39, 0.29) is 0 Å². The first-order valence-electron chi connectivity index (χ1n) is 11.0. The fourth-order valence-electron chi connectivity index (χ4n) is 3.55. The van der Waals surface area contributed by atoms with E-state index in [0.717, 1.165) is 42.6 Å². The number of oxazole rings is 1. The van der Waals surface area contributed by atoms with Gasteiger partial charge in [-0.3, -0.25) is 0 Å². The van der Waals surface area contributed by atoms with Crippen LogP contribution in [0.5, 0.6) is 0 Å². The zero-order valence-electron chi connectivity index (χ0n) is 17.9. The Labute approximate surface area is 174 Å². The molecule has 0 radical (unpaired) electrons. The van der Waals surface area contributed by atoms with E-state index in [1.54, 1.807) is 6.26 Å². The maximum absolute atomic E-state index is 5.59. The molecule has 0 bridgehead atoms. The third-order valence-corrected chi connectivity index (χ3v) is 5.39. The molecule has 1 saturated heterocycles. The number of nitrogens with zero attached hydrogens (tertiary/aromatic N) is 3. The first kappa shape index (κ1) is 21.4. The number of piperidine rings is 1. The van der Waals surface area contributed by atoms with Crippen LogP contribution in [0.1, 0.15) is 45.2 Å². The molecular formula is C23H35N5O. The predicted molar refractivity (Wildman–Crippen MR) is 119 cm³/mol. The van der Waals surface area contributed by atoms with Crippen LogP contribution < -0.4 is 10.6 Å². The summed E-state index contributed by atoms with van der Waals surface area (Å²) in [6.45, 7) is 10.5. The summed E-state index contributed by atoms with van der Waals surface area (Å²) in [5.74, 6) is 2.38. The summed E-state index contributed by atoms with van der Waals surface area (Å²) < 4.78 is 5.59.